The second kappa shape index (κ2) is 7.40. The van der Waals surface area contributed by atoms with Crippen LogP contribution in [0.25, 0.3) is 0 Å². The summed E-state index contributed by atoms with van der Waals surface area (Å²) in [6.07, 6.45) is 4.57. The minimum Gasteiger partial charge on any atom is -0.381 e. The average molecular weight is 279 g/mol. The topological polar surface area (TPSA) is 90.3 Å². The number of nitrogens with zero attached hydrogens (tertiary/aromatic N) is 3. The summed E-state index contributed by atoms with van der Waals surface area (Å²) in [6, 6.07) is 2.12. The molecule has 2 aliphatic heterocycles. The average Bonchev–Trinajstić information content (AvgIpc) is 3.04. The minimum absolute atomic E-state index is 0.404. The van der Waals surface area contributed by atoms with Gasteiger partial charge in [0.2, 0.25) is 5.95 Å². The van der Waals surface area contributed by atoms with Crippen molar-refractivity contribution in [2.24, 2.45) is 5.73 Å². The van der Waals surface area contributed by atoms with E-state index in [1.54, 1.807) is 0 Å². The van der Waals surface area contributed by atoms with Crippen molar-refractivity contribution in [2.45, 2.75) is 31.6 Å². The molecule has 0 spiro atoms. The Kier molecular flexibility index (Phi) is 5.55. The van der Waals surface area contributed by atoms with E-state index in [0.717, 1.165) is 50.7 Å². The Morgan fingerprint density at radius 3 is 2.45 bits per heavy atom. The number of anilines is 2. The number of rotatable bonds is 2. The number of aromatic nitrogens is 2. The molecule has 3 heterocycles. The maximum absolute atomic E-state index is 5.85. The predicted octanol–water partition coefficient (Wildman–Crippen LogP) is 1.13. The minimum atomic E-state index is 0.404. The monoisotopic (exact) mass is 279 g/mol. The van der Waals surface area contributed by atoms with Crippen molar-refractivity contribution in [3.63, 3.8) is 0 Å². The maximum atomic E-state index is 5.85. The van der Waals surface area contributed by atoms with Crippen molar-refractivity contribution < 1.29 is 4.74 Å². The summed E-state index contributed by atoms with van der Waals surface area (Å²) in [5.41, 5.74) is 11.4. The van der Waals surface area contributed by atoms with Crippen molar-refractivity contribution in [2.75, 3.05) is 44.0 Å². The van der Waals surface area contributed by atoms with Gasteiger partial charge < -0.3 is 21.1 Å². The van der Waals surface area contributed by atoms with Crippen molar-refractivity contribution in [1.29, 1.82) is 0 Å². The first-order valence-corrected chi connectivity index (χ1v) is 7.38. The van der Waals surface area contributed by atoms with Crippen LogP contribution in [0.15, 0.2) is 6.07 Å². The van der Waals surface area contributed by atoms with E-state index in [-0.39, 0.29) is 0 Å². The first kappa shape index (κ1) is 15.0. The standard InChI is InChI=1S/C13H20N4O.CH5N/c14-13-15-11(10-3-7-18-8-4-10)9-12(16-13)17-5-1-2-6-17;1-2/h9-10H,1-8H2,(H2,14,15,16);2H2,1H3. The van der Waals surface area contributed by atoms with E-state index >= 15 is 0 Å². The second-order valence-electron chi connectivity index (χ2n) is 5.09. The Labute approximate surface area is 120 Å². The van der Waals surface area contributed by atoms with Gasteiger partial charge in [0.15, 0.2) is 0 Å². The summed E-state index contributed by atoms with van der Waals surface area (Å²) < 4.78 is 5.40. The molecule has 1 aromatic rings. The van der Waals surface area contributed by atoms with E-state index in [1.165, 1.54) is 19.9 Å². The highest BCUT2D eigenvalue weighted by molar-refractivity contribution is 5.45. The summed E-state index contributed by atoms with van der Waals surface area (Å²) in [5, 5.41) is 0. The Hall–Kier alpha value is -1.40. The fourth-order valence-corrected chi connectivity index (χ4v) is 2.78. The maximum Gasteiger partial charge on any atom is 0.222 e. The molecule has 2 aliphatic rings. The van der Waals surface area contributed by atoms with E-state index in [2.05, 4.69) is 26.7 Å². The Morgan fingerprint density at radius 1 is 1.15 bits per heavy atom. The molecule has 20 heavy (non-hydrogen) atoms. The van der Waals surface area contributed by atoms with Gasteiger partial charge in [0.25, 0.3) is 0 Å². The number of nitrogens with two attached hydrogens (primary N) is 2. The fraction of sp³-hybridized carbons (Fsp3) is 0.714. The molecule has 112 valence electrons. The van der Waals surface area contributed by atoms with Crippen LogP contribution in [-0.4, -0.2) is 43.3 Å². The van der Waals surface area contributed by atoms with Crippen molar-refractivity contribution in [3.05, 3.63) is 11.8 Å². The van der Waals surface area contributed by atoms with Crippen LogP contribution < -0.4 is 16.4 Å². The third-order valence-electron chi connectivity index (χ3n) is 3.82. The molecule has 0 unspecified atom stereocenters. The molecule has 0 amide bonds. The van der Waals surface area contributed by atoms with Gasteiger partial charge in [-0.15, -0.1) is 0 Å². The highest BCUT2D eigenvalue weighted by atomic mass is 16.5. The first-order chi connectivity index (χ1) is 9.83. The van der Waals surface area contributed by atoms with Crippen molar-refractivity contribution >= 4 is 11.8 Å². The number of nitrogen functional groups attached to an aromatic ring is 1. The van der Waals surface area contributed by atoms with Crippen LogP contribution in [0.4, 0.5) is 11.8 Å². The summed E-state index contributed by atoms with van der Waals surface area (Å²) in [7, 11) is 1.50. The number of hydrogen-bond donors (Lipinski definition) is 2. The van der Waals surface area contributed by atoms with Gasteiger partial charge in [0.05, 0.1) is 5.69 Å². The molecule has 3 rings (SSSR count). The van der Waals surface area contributed by atoms with Crippen LogP contribution in [0.5, 0.6) is 0 Å². The van der Waals surface area contributed by atoms with Crippen molar-refractivity contribution in [3.8, 4) is 0 Å². The third-order valence-corrected chi connectivity index (χ3v) is 3.82. The van der Waals surface area contributed by atoms with E-state index in [1.807, 2.05) is 0 Å². The quantitative estimate of drug-likeness (QED) is 0.843. The predicted molar refractivity (Wildman–Crippen MR) is 80.8 cm³/mol. The zero-order valence-electron chi connectivity index (χ0n) is 12.2. The molecule has 0 aromatic carbocycles. The Bertz CT molecular complexity index is 414. The van der Waals surface area contributed by atoms with Crippen LogP contribution in [-0.2, 0) is 4.74 Å². The van der Waals surface area contributed by atoms with Gasteiger partial charge in [-0.2, -0.15) is 4.98 Å². The third kappa shape index (κ3) is 3.58. The smallest absolute Gasteiger partial charge is 0.222 e. The largest absolute Gasteiger partial charge is 0.381 e. The fourth-order valence-electron chi connectivity index (χ4n) is 2.78. The highest BCUT2D eigenvalue weighted by Crippen LogP contribution is 2.28. The number of ether oxygens (including phenoxy) is 1. The van der Waals surface area contributed by atoms with E-state index in [9.17, 15) is 0 Å². The molecule has 6 heteroatoms. The molecular formula is C14H25N5O. The van der Waals surface area contributed by atoms with Crippen molar-refractivity contribution in [1.82, 2.24) is 9.97 Å². The van der Waals surface area contributed by atoms with Gasteiger partial charge >= 0.3 is 0 Å². The molecule has 0 saturated carbocycles. The molecule has 2 fully saturated rings. The summed E-state index contributed by atoms with van der Waals surface area (Å²) in [5.74, 6) is 1.88. The van der Waals surface area contributed by atoms with Crippen LogP contribution in [0, 0.1) is 0 Å². The van der Waals surface area contributed by atoms with Crippen LogP contribution in [0.2, 0.25) is 0 Å². The van der Waals surface area contributed by atoms with Crippen LogP contribution >= 0.6 is 0 Å². The zero-order chi connectivity index (χ0) is 14.4. The lowest BCUT2D eigenvalue weighted by Gasteiger charge is -2.23. The summed E-state index contributed by atoms with van der Waals surface area (Å²) in [4.78, 5) is 11.1. The Balaban J connectivity index is 0.000000704. The molecule has 1 aromatic heterocycles. The van der Waals surface area contributed by atoms with Gasteiger partial charge in [0.1, 0.15) is 5.82 Å². The van der Waals surface area contributed by atoms with Gasteiger partial charge in [-0.1, -0.05) is 0 Å². The SMILES string of the molecule is CN.Nc1nc(C2CCOCC2)cc(N2CCCC2)n1. The molecule has 2 saturated heterocycles. The van der Waals surface area contributed by atoms with E-state index in [0.29, 0.717) is 11.9 Å². The molecular weight excluding hydrogens is 254 g/mol. The molecule has 0 aliphatic carbocycles. The van der Waals surface area contributed by atoms with E-state index in [4.69, 9.17) is 10.5 Å². The molecule has 0 radical (unpaired) electrons. The highest BCUT2D eigenvalue weighted by Gasteiger charge is 2.21. The lowest BCUT2D eigenvalue weighted by atomic mass is 9.96. The first-order valence-electron chi connectivity index (χ1n) is 7.38. The van der Waals surface area contributed by atoms with Crippen LogP contribution in [0.1, 0.15) is 37.3 Å². The molecule has 6 nitrogen and oxygen atoms in total. The van der Waals surface area contributed by atoms with Gasteiger partial charge in [-0.3, -0.25) is 0 Å². The molecule has 0 atom stereocenters. The molecule has 0 bridgehead atoms. The van der Waals surface area contributed by atoms with Crippen LogP contribution in [0.3, 0.4) is 0 Å². The van der Waals surface area contributed by atoms with E-state index < -0.39 is 0 Å². The number of hydrogen-bond acceptors (Lipinski definition) is 6. The normalized spacial score (nSPS) is 19.6. The van der Waals surface area contributed by atoms with Gasteiger partial charge in [0, 0.05) is 38.3 Å². The lowest BCUT2D eigenvalue weighted by molar-refractivity contribution is 0.0845. The lowest BCUT2D eigenvalue weighted by Crippen LogP contribution is -2.21. The second-order valence-corrected chi connectivity index (χ2v) is 5.09. The zero-order valence-corrected chi connectivity index (χ0v) is 12.2. The van der Waals surface area contributed by atoms with Gasteiger partial charge in [-0.05, 0) is 32.7 Å². The van der Waals surface area contributed by atoms with Gasteiger partial charge in [-0.25, -0.2) is 4.98 Å². The molecule has 4 N–H and O–H groups in total. The summed E-state index contributed by atoms with van der Waals surface area (Å²) in [6.45, 7) is 3.83. The Morgan fingerprint density at radius 2 is 1.80 bits per heavy atom. The summed E-state index contributed by atoms with van der Waals surface area (Å²) >= 11 is 0.